The smallest absolute Gasteiger partial charge is 0.257 e. The van der Waals surface area contributed by atoms with E-state index >= 15 is 0 Å². The van der Waals surface area contributed by atoms with Crippen LogP contribution in [-0.4, -0.2) is 54.4 Å². The zero-order valence-electron chi connectivity index (χ0n) is 16.7. The molecule has 0 bridgehead atoms. The second-order valence-electron chi connectivity index (χ2n) is 7.39. The van der Waals surface area contributed by atoms with Crippen molar-refractivity contribution in [2.24, 2.45) is 0 Å². The molecule has 0 spiro atoms. The van der Waals surface area contributed by atoms with Gasteiger partial charge < -0.3 is 10.2 Å². The van der Waals surface area contributed by atoms with E-state index < -0.39 is 21.9 Å². The predicted molar refractivity (Wildman–Crippen MR) is 116 cm³/mol. The summed E-state index contributed by atoms with van der Waals surface area (Å²) in [6.07, 6.45) is 5.07. The number of rotatable bonds is 5. The molecular formula is C20H19ClFN5O3S. The summed E-state index contributed by atoms with van der Waals surface area (Å²) in [4.78, 5) is 23.2. The third kappa shape index (κ3) is 4.54. The highest BCUT2D eigenvalue weighted by Gasteiger charge is 2.26. The first-order chi connectivity index (χ1) is 14.6. The molecule has 0 saturated carbocycles. The summed E-state index contributed by atoms with van der Waals surface area (Å²) in [6.45, 7) is 2.47. The van der Waals surface area contributed by atoms with Crippen LogP contribution in [0.5, 0.6) is 0 Å². The highest BCUT2D eigenvalue weighted by molar-refractivity contribution is 7.90. The fourth-order valence-electron chi connectivity index (χ4n) is 3.20. The van der Waals surface area contributed by atoms with Crippen molar-refractivity contribution in [3.8, 4) is 5.95 Å². The molecule has 1 aromatic carbocycles. The van der Waals surface area contributed by atoms with Gasteiger partial charge in [-0.2, -0.15) is 0 Å². The Labute approximate surface area is 183 Å². The maximum Gasteiger partial charge on any atom is 0.257 e. The van der Waals surface area contributed by atoms with Crippen molar-refractivity contribution >= 4 is 38.7 Å². The molecule has 2 aromatic heterocycles. The summed E-state index contributed by atoms with van der Waals surface area (Å²) < 4.78 is 38.3. The fourth-order valence-corrected chi connectivity index (χ4v) is 4.18. The molecule has 31 heavy (non-hydrogen) atoms. The SMILES string of the molecule is Cc1cc(C(=O)Nc2cc(Cl)cc(S(C)(=O)=O)c2)cn1-c1ncc(N2CC(F)C2)cn1. The van der Waals surface area contributed by atoms with Crippen LogP contribution in [0.3, 0.4) is 0 Å². The lowest BCUT2D eigenvalue weighted by Crippen LogP contribution is -2.48. The van der Waals surface area contributed by atoms with E-state index in [4.69, 9.17) is 11.6 Å². The van der Waals surface area contributed by atoms with E-state index in [1.807, 2.05) is 4.90 Å². The number of sulfone groups is 1. The number of carbonyl (C=O) groups is 1. The number of benzene rings is 1. The van der Waals surface area contributed by atoms with E-state index in [1.54, 1.807) is 36.1 Å². The summed E-state index contributed by atoms with van der Waals surface area (Å²) in [6, 6.07) is 5.81. The van der Waals surface area contributed by atoms with Gasteiger partial charge in [-0.3, -0.25) is 9.36 Å². The highest BCUT2D eigenvalue weighted by Crippen LogP contribution is 2.24. The summed E-state index contributed by atoms with van der Waals surface area (Å²) in [7, 11) is -3.48. The van der Waals surface area contributed by atoms with Gasteiger partial charge in [0.2, 0.25) is 5.95 Å². The first-order valence-electron chi connectivity index (χ1n) is 9.32. The lowest BCUT2D eigenvalue weighted by molar-refractivity contribution is 0.102. The van der Waals surface area contributed by atoms with Crippen LogP contribution in [0.4, 0.5) is 15.8 Å². The Hall–Kier alpha value is -2.98. The van der Waals surface area contributed by atoms with Crippen molar-refractivity contribution in [2.45, 2.75) is 18.0 Å². The number of hydrogen-bond acceptors (Lipinski definition) is 6. The van der Waals surface area contributed by atoms with Gasteiger partial charge in [-0.15, -0.1) is 0 Å². The van der Waals surface area contributed by atoms with Crippen LogP contribution in [0.25, 0.3) is 5.95 Å². The van der Waals surface area contributed by atoms with E-state index in [0.717, 1.165) is 17.6 Å². The minimum atomic E-state index is -3.48. The number of carbonyl (C=O) groups excluding carboxylic acids is 1. The molecule has 1 fully saturated rings. The van der Waals surface area contributed by atoms with Crippen LogP contribution in [0.15, 0.2) is 47.8 Å². The van der Waals surface area contributed by atoms with Crippen LogP contribution >= 0.6 is 11.6 Å². The Morgan fingerprint density at radius 1 is 1.19 bits per heavy atom. The van der Waals surface area contributed by atoms with Gasteiger partial charge in [0.15, 0.2) is 9.84 Å². The Kier molecular flexibility index (Phi) is 5.44. The van der Waals surface area contributed by atoms with Gasteiger partial charge in [0.05, 0.1) is 41.6 Å². The molecule has 8 nitrogen and oxygen atoms in total. The summed E-state index contributed by atoms with van der Waals surface area (Å²) in [5, 5.41) is 2.86. The molecular weight excluding hydrogens is 445 g/mol. The lowest BCUT2D eigenvalue weighted by Gasteiger charge is -2.35. The van der Waals surface area contributed by atoms with Gasteiger partial charge in [-0.25, -0.2) is 22.8 Å². The average Bonchev–Trinajstić information content (AvgIpc) is 3.06. The molecule has 3 aromatic rings. The number of nitrogens with zero attached hydrogens (tertiary/aromatic N) is 4. The van der Waals surface area contributed by atoms with Gasteiger partial charge in [-0.05, 0) is 31.2 Å². The van der Waals surface area contributed by atoms with E-state index in [9.17, 15) is 17.6 Å². The minimum absolute atomic E-state index is 0.0128. The van der Waals surface area contributed by atoms with Gasteiger partial charge >= 0.3 is 0 Å². The van der Waals surface area contributed by atoms with Crippen molar-refractivity contribution in [1.29, 1.82) is 0 Å². The number of aryl methyl sites for hydroxylation is 1. The summed E-state index contributed by atoms with van der Waals surface area (Å²) in [5.41, 5.74) is 2.08. The number of aromatic nitrogens is 3. The molecule has 1 amide bonds. The van der Waals surface area contributed by atoms with Gasteiger partial charge in [0.25, 0.3) is 5.91 Å². The first-order valence-corrected chi connectivity index (χ1v) is 11.6. The van der Waals surface area contributed by atoms with E-state index in [2.05, 4.69) is 15.3 Å². The van der Waals surface area contributed by atoms with Gasteiger partial charge in [-0.1, -0.05) is 11.6 Å². The monoisotopic (exact) mass is 463 g/mol. The number of amides is 1. The summed E-state index contributed by atoms with van der Waals surface area (Å²) in [5.74, 6) is -0.0607. The van der Waals surface area contributed by atoms with E-state index in [0.29, 0.717) is 24.6 Å². The quantitative estimate of drug-likeness (QED) is 0.624. The minimum Gasteiger partial charge on any atom is -0.363 e. The van der Waals surface area contributed by atoms with Crippen molar-refractivity contribution in [2.75, 3.05) is 29.6 Å². The van der Waals surface area contributed by atoms with Crippen LogP contribution in [-0.2, 0) is 9.84 Å². The molecule has 11 heteroatoms. The Morgan fingerprint density at radius 3 is 2.48 bits per heavy atom. The number of alkyl halides is 1. The van der Waals surface area contributed by atoms with Gasteiger partial charge in [0, 0.05) is 28.9 Å². The van der Waals surface area contributed by atoms with Crippen molar-refractivity contribution in [3.63, 3.8) is 0 Å². The van der Waals surface area contributed by atoms with Crippen molar-refractivity contribution in [1.82, 2.24) is 14.5 Å². The Bertz CT molecular complexity index is 1250. The zero-order valence-corrected chi connectivity index (χ0v) is 18.3. The summed E-state index contributed by atoms with van der Waals surface area (Å²) >= 11 is 5.99. The molecule has 162 valence electrons. The van der Waals surface area contributed by atoms with Crippen molar-refractivity contribution in [3.05, 3.63) is 59.1 Å². The number of anilines is 2. The average molecular weight is 464 g/mol. The lowest BCUT2D eigenvalue weighted by atomic mass is 10.2. The van der Waals surface area contributed by atoms with E-state index in [1.165, 1.54) is 18.2 Å². The maximum absolute atomic E-state index is 13.0. The fraction of sp³-hybridized carbons (Fsp3) is 0.250. The molecule has 0 unspecified atom stereocenters. The Morgan fingerprint density at radius 2 is 1.87 bits per heavy atom. The third-order valence-electron chi connectivity index (χ3n) is 4.87. The van der Waals surface area contributed by atoms with Gasteiger partial charge in [0.1, 0.15) is 6.17 Å². The highest BCUT2D eigenvalue weighted by atomic mass is 35.5. The van der Waals surface area contributed by atoms with Crippen LogP contribution in [0.1, 0.15) is 16.1 Å². The Balaban J connectivity index is 1.54. The molecule has 0 radical (unpaired) electrons. The molecule has 3 heterocycles. The number of hydrogen-bond donors (Lipinski definition) is 1. The molecule has 4 rings (SSSR count). The zero-order chi connectivity index (χ0) is 22.3. The molecule has 1 aliphatic heterocycles. The standard InChI is InChI=1S/C20H19ClFN5O3S/c1-12-3-13(19(28)25-16-4-14(21)5-18(6-16)31(2,29)30)9-27(12)20-23-7-17(8-24-20)26-10-15(22)11-26/h3-9,15H,10-11H2,1-2H3,(H,25,28). The third-order valence-corrected chi connectivity index (χ3v) is 6.18. The largest absolute Gasteiger partial charge is 0.363 e. The first kappa shape index (κ1) is 21.3. The number of nitrogens with one attached hydrogen (secondary N) is 1. The van der Waals surface area contributed by atoms with Crippen LogP contribution in [0.2, 0.25) is 5.02 Å². The van der Waals surface area contributed by atoms with Crippen molar-refractivity contribution < 1.29 is 17.6 Å². The number of halogens is 2. The molecule has 0 aliphatic carbocycles. The molecule has 0 atom stereocenters. The topological polar surface area (TPSA) is 97.2 Å². The second-order valence-corrected chi connectivity index (χ2v) is 9.84. The molecule has 1 aliphatic rings. The molecule has 1 saturated heterocycles. The molecule has 1 N–H and O–H groups in total. The van der Waals surface area contributed by atoms with E-state index in [-0.39, 0.29) is 15.6 Å². The van der Waals surface area contributed by atoms with Crippen LogP contribution in [0, 0.1) is 6.92 Å². The normalized spacial score (nSPS) is 14.4. The second kappa shape index (κ2) is 7.93. The maximum atomic E-state index is 13.0. The predicted octanol–water partition coefficient (Wildman–Crippen LogP) is 3.04. The van der Waals surface area contributed by atoms with Crippen LogP contribution < -0.4 is 10.2 Å².